The Balaban J connectivity index is 1.55. The van der Waals surface area contributed by atoms with Gasteiger partial charge in [0.2, 0.25) is 0 Å². The highest BCUT2D eigenvalue weighted by atomic mass is 31.1. The molecule has 1 saturated heterocycles. The molecule has 0 spiro atoms. The lowest BCUT2D eigenvalue weighted by molar-refractivity contribution is -0.138. The van der Waals surface area contributed by atoms with E-state index in [4.69, 9.17) is 9.47 Å². The number of ether oxygens (including phenoxy) is 2. The minimum Gasteiger partial charge on any atom is -0.344 e. The Morgan fingerprint density at radius 1 is 0.559 bits per heavy atom. The van der Waals surface area contributed by atoms with Crippen LogP contribution in [0, 0.1) is 0 Å². The first-order chi connectivity index (χ1) is 16.6. The monoisotopic (exact) mass is 484 g/mol. The number of hydrogen-bond donors (Lipinski definition) is 0. The van der Waals surface area contributed by atoms with Gasteiger partial charge in [0.15, 0.2) is 5.79 Å². The molecule has 0 amide bonds. The second-order valence-corrected chi connectivity index (χ2v) is 13.4. The molecule has 1 aliphatic heterocycles. The molecule has 4 heteroatoms. The summed E-state index contributed by atoms with van der Waals surface area (Å²) in [5.74, 6) is -0.638. The topological polar surface area (TPSA) is 18.5 Å². The van der Waals surface area contributed by atoms with E-state index in [1.54, 1.807) is 0 Å². The summed E-state index contributed by atoms with van der Waals surface area (Å²) in [5.41, 5.74) is 0. The zero-order valence-corrected chi connectivity index (χ0v) is 21.4. The van der Waals surface area contributed by atoms with Gasteiger partial charge in [-0.15, -0.1) is 0 Å². The van der Waals surface area contributed by atoms with Gasteiger partial charge in [0.1, 0.15) is 5.85 Å². The van der Waals surface area contributed by atoms with E-state index in [9.17, 15) is 0 Å². The van der Waals surface area contributed by atoms with Crippen LogP contribution < -0.4 is 21.2 Å². The SMILES string of the molecule is CC1(C)O[C@H](CP(c2ccccc2)c2ccccc2)[C@@H](P(c2ccccc2)c2ccccc2)O1. The summed E-state index contributed by atoms with van der Waals surface area (Å²) >= 11 is 0. The van der Waals surface area contributed by atoms with Crippen molar-refractivity contribution >= 4 is 37.1 Å². The fraction of sp³-hybridized carbons (Fsp3) is 0.200. The van der Waals surface area contributed by atoms with Crippen molar-refractivity contribution in [2.24, 2.45) is 0 Å². The highest BCUT2D eigenvalue weighted by Crippen LogP contribution is 2.51. The predicted octanol–water partition coefficient (Wildman–Crippen LogP) is 5.73. The maximum Gasteiger partial charge on any atom is 0.164 e. The van der Waals surface area contributed by atoms with E-state index in [0.717, 1.165) is 6.16 Å². The largest absolute Gasteiger partial charge is 0.344 e. The normalized spacial score (nSPS) is 19.5. The van der Waals surface area contributed by atoms with E-state index in [2.05, 4.69) is 135 Å². The van der Waals surface area contributed by atoms with Crippen molar-refractivity contribution in [3.8, 4) is 0 Å². The zero-order chi connectivity index (χ0) is 23.4. The van der Waals surface area contributed by atoms with Crippen molar-refractivity contribution in [3.63, 3.8) is 0 Å². The molecule has 0 aromatic heterocycles. The summed E-state index contributed by atoms with van der Waals surface area (Å²) in [4.78, 5) is 0. The lowest BCUT2D eigenvalue weighted by Gasteiger charge is -2.30. The molecular formula is C30H30O2P2. The third-order valence-corrected chi connectivity index (χ3v) is 11.2. The van der Waals surface area contributed by atoms with Gasteiger partial charge in [0.25, 0.3) is 0 Å². The Labute approximate surface area is 205 Å². The molecule has 0 unspecified atom stereocenters. The quantitative estimate of drug-likeness (QED) is 0.312. The molecule has 2 nitrogen and oxygen atoms in total. The highest BCUT2D eigenvalue weighted by Gasteiger charge is 2.46. The fourth-order valence-electron chi connectivity index (χ4n) is 4.54. The molecule has 0 bridgehead atoms. The van der Waals surface area contributed by atoms with Crippen LogP contribution in [0.25, 0.3) is 0 Å². The molecule has 4 aromatic rings. The lowest BCUT2D eigenvalue weighted by Crippen LogP contribution is -2.33. The molecule has 34 heavy (non-hydrogen) atoms. The zero-order valence-electron chi connectivity index (χ0n) is 19.6. The Hall–Kier alpha value is -2.34. The van der Waals surface area contributed by atoms with Crippen LogP contribution >= 0.6 is 15.8 Å². The molecule has 4 aromatic carbocycles. The molecule has 0 radical (unpaired) electrons. The molecule has 5 rings (SSSR count). The van der Waals surface area contributed by atoms with Crippen LogP contribution in [0.4, 0.5) is 0 Å². The van der Waals surface area contributed by atoms with Crippen LogP contribution in [-0.2, 0) is 9.47 Å². The summed E-state index contributed by atoms with van der Waals surface area (Å²) in [6, 6.07) is 43.4. The van der Waals surface area contributed by atoms with Crippen LogP contribution in [-0.4, -0.2) is 23.9 Å². The van der Waals surface area contributed by atoms with Gasteiger partial charge >= 0.3 is 0 Å². The average molecular weight is 485 g/mol. The third kappa shape index (κ3) is 5.32. The van der Waals surface area contributed by atoms with E-state index in [1.165, 1.54) is 21.2 Å². The molecule has 0 aliphatic carbocycles. The second kappa shape index (κ2) is 10.5. The summed E-state index contributed by atoms with van der Waals surface area (Å²) < 4.78 is 13.4. The van der Waals surface area contributed by atoms with Crippen LogP contribution in [0.3, 0.4) is 0 Å². The van der Waals surface area contributed by atoms with Crippen molar-refractivity contribution in [1.82, 2.24) is 0 Å². The van der Waals surface area contributed by atoms with Gasteiger partial charge in [-0.3, -0.25) is 0 Å². The Morgan fingerprint density at radius 2 is 0.941 bits per heavy atom. The Morgan fingerprint density at radius 3 is 1.35 bits per heavy atom. The summed E-state index contributed by atoms with van der Waals surface area (Å²) in [5, 5.41) is 5.39. The minimum absolute atomic E-state index is 0.00644. The number of benzene rings is 4. The summed E-state index contributed by atoms with van der Waals surface area (Å²) in [6.45, 7) is 4.10. The minimum atomic E-state index is -0.755. The van der Waals surface area contributed by atoms with Crippen LogP contribution in [0.1, 0.15) is 13.8 Å². The maximum atomic E-state index is 6.72. The highest BCUT2D eigenvalue weighted by molar-refractivity contribution is 7.74. The standard InChI is InChI=1S/C30H30O2P2/c1-30(2)31-28(23-33(24-15-7-3-8-16-24)25-17-9-4-10-18-25)29(32-30)34(26-19-11-5-12-20-26)27-21-13-6-14-22-27/h3-22,28-29H,23H2,1-2H3/t28-,29-/m1/s1. The van der Waals surface area contributed by atoms with E-state index in [1.807, 2.05) is 0 Å². The first kappa shape index (κ1) is 23.4. The smallest absolute Gasteiger partial charge is 0.164 e. The lowest BCUT2D eigenvalue weighted by atomic mass is 10.4. The van der Waals surface area contributed by atoms with Crippen molar-refractivity contribution in [2.75, 3.05) is 6.16 Å². The van der Waals surface area contributed by atoms with Crippen molar-refractivity contribution in [1.29, 1.82) is 0 Å². The van der Waals surface area contributed by atoms with E-state index < -0.39 is 21.6 Å². The van der Waals surface area contributed by atoms with Gasteiger partial charge < -0.3 is 9.47 Å². The van der Waals surface area contributed by atoms with Gasteiger partial charge in [-0.2, -0.15) is 0 Å². The van der Waals surface area contributed by atoms with Crippen molar-refractivity contribution in [2.45, 2.75) is 31.6 Å². The van der Waals surface area contributed by atoms with E-state index >= 15 is 0 Å². The van der Waals surface area contributed by atoms with E-state index in [0.29, 0.717) is 0 Å². The Bertz CT molecular complexity index is 1090. The van der Waals surface area contributed by atoms with Gasteiger partial charge in [-0.05, 0) is 50.9 Å². The van der Waals surface area contributed by atoms with Crippen molar-refractivity contribution in [3.05, 3.63) is 121 Å². The summed E-state index contributed by atoms with van der Waals surface area (Å²) in [7, 11) is -1.34. The van der Waals surface area contributed by atoms with Crippen LogP contribution in [0.15, 0.2) is 121 Å². The molecule has 0 N–H and O–H groups in total. The molecule has 1 fully saturated rings. The molecular weight excluding hydrogens is 454 g/mol. The van der Waals surface area contributed by atoms with E-state index in [-0.39, 0.29) is 11.9 Å². The van der Waals surface area contributed by atoms with Crippen LogP contribution in [0.5, 0.6) is 0 Å². The molecule has 1 aliphatic rings. The van der Waals surface area contributed by atoms with Gasteiger partial charge in [0, 0.05) is 6.16 Å². The first-order valence-corrected chi connectivity index (χ1v) is 14.7. The summed E-state index contributed by atoms with van der Waals surface area (Å²) in [6.07, 6.45) is 0.920. The van der Waals surface area contributed by atoms with Crippen LogP contribution in [0.2, 0.25) is 0 Å². The van der Waals surface area contributed by atoms with Gasteiger partial charge in [-0.25, -0.2) is 0 Å². The molecule has 2 atom stereocenters. The molecule has 172 valence electrons. The van der Waals surface area contributed by atoms with Gasteiger partial charge in [0.05, 0.1) is 6.10 Å². The van der Waals surface area contributed by atoms with Crippen molar-refractivity contribution < 1.29 is 9.47 Å². The first-order valence-electron chi connectivity index (χ1n) is 11.7. The molecule has 0 saturated carbocycles. The maximum absolute atomic E-state index is 6.72. The number of rotatable bonds is 7. The third-order valence-electron chi connectivity index (χ3n) is 5.98. The van der Waals surface area contributed by atoms with Gasteiger partial charge in [-0.1, -0.05) is 121 Å². The fourth-order valence-corrected chi connectivity index (χ4v) is 9.85. The average Bonchev–Trinajstić information content (AvgIpc) is 3.18. The predicted molar refractivity (Wildman–Crippen MR) is 147 cm³/mol. The number of hydrogen-bond acceptors (Lipinski definition) is 2. The Kier molecular flexibility index (Phi) is 7.23. The second-order valence-electron chi connectivity index (χ2n) is 8.89. The molecule has 1 heterocycles.